The van der Waals surface area contributed by atoms with Crippen molar-refractivity contribution in [3.8, 4) is 45.7 Å². The van der Waals surface area contributed by atoms with Gasteiger partial charge in [-0.3, -0.25) is 0 Å². The van der Waals surface area contributed by atoms with E-state index < -0.39 is 0 Å². The van der Waals surface area contributed by atoms with Gasteiger partial charge in [-0.05, 0) is 53.2 Å². The lowest BCUT2D eigenvalue weighted by Gasteiger charge is -2.14. The van der Waals surface area contributed by atoms with Gasteiger partial charge in [0.25, 0.3) is 0 Å². The standard InChI is InChI=1S/C45H26N4O/c46-27-35-43(31-23-22-28-12-7-8-15-30(28)26-31)47-45(29-13-3-1-4-14-29)48-44(35)34-19-11-20-36-40(34)42-37(49(36)32-16-5-2-6-17-32)24-25-39-41(42)33-18-9-10-21-38(33)50-39/h1-26H. The number of aromatic nitrogens is 3. The molecule has 232 valence electrons. The van der Waals surface area contributed by atoms with Crippen molar-refractivity contribution < 1.29 is 4.42 Å². The molecule has 0 spiro atoms. The number of rotatable bonds is 4. The van der Waals surface area contributed by atoms with Crippen molar-refractivity contribution in [2.45, 2.75) is 0 Å². The lowest BCUT2D eigenvalue weighted by Crippen LogP contribution is -2.01. The minimum atomic E-state index is 0.428. The Morgan fingerprint density at radius 3 is 2.08 bits per heavy atom. The predicted molar refractivity (Wildman–Crippen MR) is 202 cm³/mol. The molecule has 0 aliphatic heterocycles. The van der Waals surface area contributed by atoms with Crippen LogP contribution in [0.3, 0.4) is 0 Å². The zero-order valence-corrected chi connectivity index (χ0v) is 26.7. The van der Waals surface area contributed by atoms with Crippen LogP contribution < -0.4 is 0 Å². The Morgan fingerprint density at radius 2 is 1.24 bits per heavy atom. The van der Waals surface area contributed by atoms with E-state index in [1.165, 1.54) is 0 Å². The summed E-state index contributed by atoms with van der Waals surface area (Å²) in [6.07, 6.45) is 0. The molecule has 10 rings (SSSR count). The van der Waals surface area contributed by atoms with Crippen LogP contribution in [0.4, 0.5) is 0 Å². The van der Waals surface area contributed by atoms with Crippen LogP contribution in [-0.2, 0) is 0 Å². The molecule has 5 nitrogen and oxygen atoms in total. The lowest BCUT2D eigenvalue weighted by atomic mass is 9.95. The first-order chi connectivity index (χ1) is 24.8. The Bertz CT molecular complexity index is 2990. The van der Waals surface area contributed by atoms with Crippen LogP contribution >= 0.6 is 0 Å². The summed E-state index contributed by atoms with van der Waals surface area (Å²) in [6, 6.07) is 56.1. The fourth-order valence-corrected chi connectivity index (χ4v) is 7.44. The average molecular weight is 639 g/mol. The number of furan rings is 1. The largest absolute Gasteiger partial charge is 0.456 e. The van der Waals surface area contributed by atoms with Gasteiger partial charge in [0.2, 0.25) is 0 Å². The third-order valence-electron chi connectivity index (χ3n) is 9.64. The molecule has 0 atom stereocenters. The Hall–Kier alpha value is -7.03. The van der Waals surface area contributed by atoms with E-state index in [-0.39, 0.29) is 0 Å². The number of nitriles is 1. The molecule has 0 amide bonds. The zero-order chi connectivity index (χ0) is 33.2. The second kappa shape index (κ2) is 11.0. The number of para-hydroxylation sites is 2. The van der Waals surface area contributed by atoms with E-state index in [0.29, 0.717) is 22.8 Å². The molecule has 0 saturated heterocycles. The van der Waals surface area contributed by atoms with Gasteiger partial charge in [0.05, 0.1) is 22.4 Å². The minimum absolute atomic E-state index is 0.428. The highest BCUT2D eigenvalue weighted by Crippen LogP contribution is 2.45. The zero-order valence-electron chi connectivity index (χ0n) is 26.7. The fraction of sp³-hybridized carbons (Fsp3) is 0. The second-order valence-electron chi connectivity index (χ2n) is 12.5. The molecule has 0 N–H and O–H groups in total. The average Bonchev–Trinajstić information content (AvgIpc) is 3.73. The van der Waals surface area contributed by atoms with Crippen LogP contribution in [-0.4, -0.2) is 14.5 Å². The van der Waals surface area contributed by atoms with E-state index in [0.717, 1.165) is 76.9 Å². The summed E-state index contributed by atoms with van der Waals surface area (Å²) in [5, 5.41) is 17.3. The Labute approximate surface area is 286 Å². The van der Waals surface area contributed by atoms with Gasteiger partial charge in [0, 0.05) is 43.9 Å². The van der Waals surface area contributed by atoms with Crippen LogP contribution in [0.5, 0.6) is 0 Å². The normalized spacial score (nSPS) is 11.6. The molecule has 5 heteroatoms. The lowest BCUT2D eigenvalue weighted by molar-refractivity contribution is 0.669. The molecule has 0 radical (unpaired) electrons. The van der Waals surface area contributed by atoms with Gasteiger partial charge in [-0.25, -0.2) is 9.97 Å². The summed E-state index contributed by atoms with van der Waals surface area (Å²) < 4.78 is 8.71. The van der Waals surface area contributed by atoms with E-state index in [2.05, 4.69) is 95.6 Å². The highest BCUT2D eigenvalue weighted by Gasteiger charge is 2.25. The van der Waals surface area contributed by atoms with Crippen molar-refractivity contribution in [1.29, 1.82) is 5.26 Å². The summed E-state index contributed by atoms with van der Waals surface area (Å²) in [6.45, 7) is 0. The summed E-state index contributed by atoms with van der Waals surface area (Å²) in [7, 11) is 0. The number of benzene rings is 7. The predicted octanol–water partition coefficient (Wildman–Crippen LogP) is 11.5. The number of nitrogens with zero attached hydrogens (tertiary/aromatic N) is 4. The minimum Gasteiger partial charge on any atom is -0.456 e. The van der Waals surface area contributed by atoms with Crippen molar-refractivity contribution in [3.63, 3.8) is 0 Å². The van der Waals surface area contributed by atoms with Gasteiger partial charge < -0.3 is 8.98 Å². The van der Waals surface area contributed by atoms with Gasteiger partial charge in [0.15, 0.2) is 5.82 Å². The highest BCUT2D eigenvalue weighted by atomic mass is 16.3. The Morgan fingerprint density at radius 1 is 0.520 bits per heavy atom. The molecule has 0 aliphatic carbocycles. The number of hydrogen-bond acceptors (Lipinski definition) is 4. The molecule has 50 heavy (non-hydrogen) atoms. The van der Waals surface area contributed by atoms with Crippen molar-refractivity contribution >= 4 is 54.5 Å². The number of hydrogen-bond donors (Lipinski definition) is 0. The third-order valence-corrected chi connectivity index (χ3v) is 9.64. The van der Waals surface area contributed by atoms with Crippen LogP contribution in [0.1, 0.15) is 5.56 Å². The van der Waals surface area contributed by atoms with Crippen LogP contribution in [0, 0.1) is 11.3 Å². The van der Waals surface area contributed by atoms with Crippen LogP contribution in [0.2, 0.25) is 0 Å². The van der Waals surface area contributed by atoms with Crippen LogP contribution in [0.15, 0.2) is 162 Å². The number of fused-ring (bicyclic) bond motifs is 8. The quantitative estimate of drug-likeness (QED) is 0.192. The second-order valence-corrected chi connectivity index (χ2v) is 12.5. The van der Waals surface area contributed by atoms with Crippen molar-refractivity contribution in [2.75, 3.05) is 0 Å². The molecule has 0 unspecified atom stereocenters. The monoisotopic (exact) mass is 638 g/mol. The van der Waals surface area contributed by atoms with E-state index in [4.69, 9.17) is 14.4 Å². The van der Waals surface area contributed by atoms with E-state index >= 15 is 0 Å². The molecule has 0 saturated carbocycles. The first kappa shape index (κ1) is 28.0. The molecule has 3 aromatic heterocycles. The summed E-state index contributed by atoms with van der Waals surface area (Å²) in [5.74, 6) is 0.561. The smallest absolute Gasteiger partial charge is 0.160 e. The van der Waals surface area contributed by atoms with Crippen molar-refractivity contribution in [2.24, 2.45) is 0 Å². The third kappa shape index (κ3) is 4.19. The topological polar surface area (TPSA) is 67.6 Å². The van der Waals surface area contributed by atoms with Crippen molar-refractivity contribution in [1.82, 2.24) is 14.5 Å². The van der Waals surface area contributed by atoms with E-state index in [9.17, 15) is 5.26 Å². The van der Waals surface area contributed by atoms with Gasteiger partial charge >= 0.3 is 0 Å². The van der Waals surface area contributed by atoms with Gasteiger partial charge in [0.1, 0.15) is 22.8 Å². The Balaban J connectivity index is 1.38. The van der Waals surface area contributed by atoms with Gasteiger partial charge in [-0.2, -0.15) is 5.26 Å². The molecular weight excluding hydrogens is 613 g/mol. The maximum atomic E-state index is 11.0. The van der Waals surface area contributed by atoms with Crippen molar-refractivity contribution in [3.05, 3.63) is 163 Å². The SMILES string of the molecule is N#Cc1c(-c2ccc3ccccc3c2)nc(-c2ccccc2)nc1-c1cccc2c1c1c3c(ccc1n2-c1ccccc1)oc1ccccc13. The maximum absolute atomic E-state index is 11.0. The molecular formula is C45H26N4O. The van der Waals surface area contributed by atoms with Gasteiger partial charge in [-0.1, -0.05) is 115 Å². The fourth-order valence-electron chi connectivity index (χ4n) is 7.44. The molecule has 0 bridgehead atoms. The molecule has 7 aromatic carbocycles. The molecule has 0 fully saturated rings. The van der Waals surface area contributed by atoms with E-state index in [1.807, 2.05) is 72.8 Å². The first-order valence-corrected chi connectivity index (χ1v) is 16.6. The van der Waals surface area contributed by atoms with E-state index in [1.54, 1.807) is 0 Å². The highest BCUT2D eigenvalue weighted by molar-refractivity contribution is 6.30. The maximum Gasteiger partial charge on any atom is 0.160 e. The summed E-state index contributed by atoms with van der Waals surface area (Å²) in [4.78, 5) is 10.3. The van der Waals surface area contributed by atoms with Gasteiger partial charge in [-0.15, -0.1) is 0 Å². The molecule has 10 aromatic rings. The van der Waals surface area contributed by atoms with Crippen LogP contribution in [0.25, 0.3) is 94.1 Å². The summed E-state index contributed by atoms with van der Waals surface area (Å²) in [5.41, 5.74) is 8.96. The molecule has 0 aliphatic rings. The summed E-state index contributed by atoms with van der Waals surface area (Å²) >= 11 is 0. The molecule has 3 heterocycles. The first-order valence-electron chi connectivity index (χ1n) is 16.6. The Kier molecular flexibility index (Phi) is 6.17.